The first-order valence-electron chi connectivity index (χ1n) is 5.38. The SMILES string of the molecule is CNc1nc(-c2ccc(OC)cc2)ncc1C#N. The van der Waals surface area contributed by atoms with Crippen LogP contribution in [0.5, 0.6) is 5.75 Å². The van der Waals surface area contributed by atoms with Crippen LogP contribution in [-0.2, 0) is 0 Å². The number of nitrogens with one attached hydrogen (secondary N) is 1. The lowest BCUT2D eigenvalue weighted by Gasteiger charge is -2.05. The number of rotatable bonds is 3. The summed E-state index contributed by atoms with van der Waals surface area (Å²) >= 11 is 0. The Hall–Kier alpha value is -2.61. The molecular formula is C13H12N4O. The van der Waals surface area contributed by atoms with Crippen molar-refractivity contribution in [2.75, 3.05) is 19.5 Å². The van der Waals surface area contributed by atoms with Gasteiger partial charge in [0.1, 0.15) is 23.2 Å². The number of methoxy groups -OCH3 is 1. The first kappa shape index (κ1) is 11.9. The Morgan fingerprint density at radius 1 is 1.28 bits per heavy atom. The van der Waals surface area contributed by atoms with Crippen molar-refractivity contribution in [3.8, 4) is 23.2 Å². The third-order valence-corrected chi connectivity index (χ3v) is 2.49. The van der Waals surface area contributed by atoms with E-state index < -0.39 is 0 Å². The van der Waals surface area contributed by atoms with Gasteiger partial charge >= 0.3 is 0 Å². The zero-order chi connectivity index (χ0) is 13.0. The number of benzene rings is 1. The van der Waals surface area contributed by atoms with Crippen molar-refractivity contribution >= 4 is 5.82 Å². The van der Waals surface area contributed by atoms with Gasteiger partial charge < -0.3 is 10.1 Å². The van der Waals surface area contributed by atoms with Crippen LogP contribution in [0.15, 0.2) is 30.5 Å². The van der Waals surface area contributed by atoms with Gasteiger partial charge in [-0.1, -0.05) is 0 Å². The number of nitrogens with zero attached hydrogens (tertiary/aromatic N) is 3. The molecule has 0 saturated carbocycles. The summed E-state index contributed by atoms with van der Waals surface area (Å²) in [6, 6.07) is 9.47. The van der Waals surface area contributed by atoms with Crippen LogP contribution in [0.2, 0.25) is 0 Å². The molecule has 5 nitrogen and oxygen atoms in total. The summed E-state index contributed by atoms with van der Waals surface area (Å²) in [4.78, 5) is 8.47. The summed E-state index contributed by atoms with van der Waals surface area (Å²) in [5.41, 5.74) is 1.30. The lowest BCUT2D eigenvalue weighted by atomic mass is 10.2. The highest BCUT2D eigenvalue weighted by Gasteiger charge is 2.07. The molecule has 0 amide bonds. The third-order valence-electron chi connectivity index (χ3n) is 2.49. The second-order valence-electron chi connectivity index (χ2n) is 3.55. The van der Waals surface area contributed by atoms with E-state index in [0.717, 1.165) is 11.3 Å². The van der Waals surface area contributed by atoms with Crippen LogP contribution < -0.4 is 10.1 Å². The smallest absolute Gasteiger partial charge is 0.161 e. The van der Waals surface area contributed by atoms with Crippen molar-refractivity contribution in [3.63, 3.8) is 0 Å². The Labute approximate surface area is 105 Å². The third kappa shape index (κ3) is 2.23. The summed E-state index contributed by atoms with van der Waals surface area (Å²) in [7, 11) is 3.34. The van der Waals surface area contributed by atoms with E-state index in [1.807, 2.05) is 30.3 Å². The van der Waals surface area contributed by atoms with E-state index in [0.29, 0.717) is 17.2 Å². The van der Waals surface area contributed by atoms with Crippen molar-refractivity contribution < 1.29 is 4.74 Å². The minimum absolute atomic E-state index is 0.426. The van der Waals surface area contributed by atoms with Crippen molar-refractivity contribution in [2.24, 2.45) is 0 Å². The average molecular weight is 240 g/mol. The number of ether oxygens (including phenoxy) is 1. The van der Waals surface area contributed by atoms with Gasteiger partial charge in [0, 0.05) is 12.6 Å². The minimum atomic E-state index is 0.426. The van der Waals surface area contributed by atoms with Gasteiger partial charge in [0.25, 0.3) is 0 Å². The zero-order valence-corrected chi connectivity index (χ0v) is 10.1. The fourth-order valence-electron chi connectivity index (χ4n) is 1.53. The Balaban J connectivity index is 2.41. The second kappa shape index (κ2) is 5.15. The van der Waals surface area contributed by atoms with Crippen molar-refractivity contribution in [1.82, 2.24) is 9.97 Å². The van der Waals surface area contributed by atoms with Gasteiger partial charge in [-0.3, -0.25) is 0 Å². The van der Waals surface area contributed by atoms with Crippen molar-refractivity contribution in [3.05, 3.63) is 36.0 Å². The van der Waals surface area contributed by atoms with Crippen LogP contribution in [-0.4, -0.2) is 24.1 Å². The fraction of sp³-hybridized carbons (Fsp3) is 0.154. The summed E-state index contributed by atoms with van der Waals surface area (Å²) in [6.45, 7) is 0. The van der Waals surface area contributed by atoms with Gasteiger partial charge in [-0.2, -0.15) is 5.26 Å². The maximum atomic E-state index is 8.89. The maximum Gasteiger partial charge on any atom is 0.161 e. The highest BCUT2D eigenvalue weighted by Crippen LogP contribution is 2.21. The molecular weight excluding hydrogens is 228 g/mol. The lowest BCUT2D eigenvalue weighted by molar-refractivity contribution is 0.415. The Morgan fingerprint density at radius 3 is 2.56 bits per heavy atom. The molecule has 0 radical (unpaired) electrons. The minimum Gasteiger partial charge on any atom is -0.497 e. The maximum absolute atomic E-state index is 8.89. The highest BCUT2D eigenvalue weighted by atomic mass is 16.5. The standard InChI is InChI=1S/C13H12N4O/c1-15-12-10(7-14)8-16-13(17-12)9-3-5-11(18-2)6-4-9/h3-6,8H,1-2H3,(H,15,16,17). The molecule has 0 aliphatic carbocycles. The molecule has 0 fully saturated rings. The van der Waals surface area contributed by atoms with E-state index in [-0.39, 0.29) is 0 Å². The topological polar surface area (TPSA) is 70.8 Å². The Kier molecular flexibility index (Phi) is 3.39. The molecule has 0 spiro atoms. The fourth-order valence-corrected chi connectivity index (χ4v) is 1.53. The zero-order valence-electron chi connectivity index (χ0n) is 10.1. The molecule has 1 heterocycles. The molecule has 2 aromatic rings. The number of hydrogen-bond acceptors (Lipinski definition) is 5. The van der Waals surface area contributed by atoms with Gasteiger partial charge in [-0.05, 0) is 24.3 Å². The van der Waals surface area contributed by atoms with Crippen molar-refractivity contribution in [2.45, 2.75) is 0 Å². The number of hydrogen-bond donors (Lipinski definition) is 1. The number of anilines is 1. The molecule has 2 rings (SSSR count). The molecule has 18 heavy (non-hydrogen) atoms. The molecule has 0 atom stereocenters. The van der Waals surface area contributed by atoms with Crippen LogP contribution in [0, 0.1) is 11.3 Å². The molecule has 0 bridgehead atoms. The van der Waals surface area contributed by atoms with Crippen LogP contribution in [0.4, 0.5) is 5.82 Å². The van der Waals surface area contributed by atoms with E-state index in [1.165, 1.54) is 6.20 Å². The van der Waals surface area contributed by atoms with E-state index in [2.05, 4.69) is 15.3 Å². The van der Waals surface area contributed by atoms with E-state index in [4.69, 9.17) is 10.00 Å². The van der Waals surface area contributed by atoms with Crippen LogP contribution in [0.1, 0.15) is 5.56 Å². The first-order valence-corrected chi connectivity index (χ1v) is 5.38. The Bertz CT molecular complexity index is 587. The first-order chi connectivity index (χ1) is 8.78. The van der Waals surface area contributed by atoms with Crippen LogP contribution >= 0.6 is 0 Å². The quantitative estimate of drug-likeness (QED) is 0.889. The second-order valence-corrected chi connectivity index (χ2v) is 3.55. The molecule has 0 aliphatic heterocycles. The molecule has 0 saturated heterocycles. The van der Waals surface area contributed by atoms with Gasteiger partial charge in [-0.25, -0.2) is 9.97 Å². The summed E-state index contributed by atoms with van der Waals surface area (Å²) in [5, 5.41) is 11.8. The number of nitriles is 1. The predicted molar refractivity (Wildman–Crippen MR) is 68.3 cm³/mol. The monoisotopic (exact) mass is 240 g/mol. The molecule has 1 aromatic heterocycles. The average Bonchev–Trinajstić information content (AvgIpc) is 2.46. The molecule has 0 unspecified atom stereocenters. The van der Waals surface area contributed by atoms with Crippen molar-refractivity contribution in [1.29, 1.82) is 5.26 Å². The molecule has 0 aliphatic rings. The summed E-state index contributed by atoms with van der Waals surface area (Å²) < 4.78 is 5.09. The number of aromatic nitrogens is 2. The van der Waals surface area contributed by atoms with Gasteiger partial charge in [0.05, 0.1) is 13.3 Å². The molecule has 5 heteroatoms. The van der Waals surface area contributed by atoms with Crippen LogP contribution in [0.3, 0.4) is 0 Å². The van der Waals surface area contributed by atoms with Gasteiger partial charge in [0.15, 0.2) is 5.82 Å². The molecule has 1 aromatic carbocycles. The normalized spacial score (nSPS) is 9.61. The largest absolute Gasteiger partial charge is 0.497 e. The van der Waals surface area contributed by atoms with Gasteiger partial charge in [-0.15, -0.1) is 0 Å². The van der Waals surface area contributed by atoms with Crippen LogP contribution in [0.25, 0.3) is 11.4 Å². The molecule has 1 N–H and O–H groups in total. The molecule has 90 valence electrons. The van der Waals surface area contributed by atoms with E-state index in [1.54, 1.807) is 14.2 Å². The van der Waals surface area contributed by atoms with Gasteiger partial charge in [0.2, 0.25) is 0 Å². The summed E-state index contributed by atoms with van der Waals surface area (Å²) in [6.07, 6.45) is 1.51. The lowest BCUT2D eigenvalue weighted by Crippen LogP contribution is -1.99. The summed E-state index contributed by atoms with van der Waals surface area (Å²) in [5.74, 6) is 1.88. The van der Waals surface area contributed by atoms with E-state index in [9.17, 15) is 0 Å². The predicted octanol–water partition coefficient (Wildman–Crippen LogP) is 2.07. The van der Waals surface area contributed by atoms with E-state index >= 15 is 0 Å². The highest BCUT2D eigenvalue weighted by molar-refractivity contribution is 5.61. The Morgan fingerprint density at radius 2 is 2.00 bits per heavy atom.